The lowest BCUT2D eigenvalue weighted by Crippen LogP contribution is -2.14. The number of hydrogen-bond donors (Lipinski definition) is 2. The van der Waals surface area contributed by atoms with Gasteiger partial charge in [0.2, 0.25) is 5.95 Å². The second kappa shape index (κ2) is 7.67. The average molecular weight is 386 g/mol. The molecule has 3 aromatic rings. The number of amides is 1. The third kappa shape index (κ3) is 4.46. The zero-order valence-corrected chi connectivity index (χ0v) is 15.1. The second-order valence-corrected chi connectivity index (χ2v) is 6.22. The van der Waals surface area contributed by atoms with Gasteiger partial charge in [-0.3, -0.25) is 4.79 Å². The second-order valence-electron chi connectivity index (χ2n) is 6.22. The van der Waals surface area contributed by atoms with Crippen LogP contribution < -0.4 is 10.6 Å². The molecule has 28 heavy (non-hydrogen) atoms. The molecule has 1 amide bonds. The molecule has 0 saturated heterocycles. The Balaban J connectivity index is 1.68. The maximum atomic E-state index is 12.6. The molecule has 0 radical (unpaired) electrons. The number of aryl methyl sites for hydroxylation is 2. The van der Waals surface area contributed by atoms with E-state index < -0.39 is 11.7 Å². The van der Waals surface area contributed by atoms with Gasteiger partial charge in [-0.1, -0.05) is 18.2 Å². The predicted molar refractivity (Wildman–Crippen MR) is 101 cm³/mol. The first kappa shape index (κ1) is 19.3. The topological polar surface area (TPSA) is 66.9 Å². The molecule has 0 aliphatic carbocycles. The molecule has 0 bridgehead atoms. The quantitative estimate of drug-likeness (QED) is 0.654. The monoisotopic (exact) mass is 386 g/mol. The molecule has 0 aliphatic rings. The van der Waals surface area contributed by atoms with Crippen molar-refractivity contribution in [2.24, 2.45) is 0 Å². The van der Waals surface area contributed by atoms with Gasteiger partial charge in [0, 0.05) is 23.8 Å². The third-order valence-corrected chi connectivity index (χ3v) is 4.10. The highest BCUT2D eigenvalue weighted by atomic mass is 19.4. The molecule has 2 aromatic carbocycles. The predicted octanol–water partition coefficient (Wildman–Crippen LogP) is 5.11. The van der Waals surface area contributed by atoms with E-state index in [1.54, 1.807) is 0 Å². The molecule has 0 unspecified atom stereocenters. The first-order valence-corrected chi connectivity index (χ1v) is 8.38. The smallest absolute Gasteiger partial charge is 0.324 e. The first-order valence-electron chi connectivity index (χ1n) is 8.38. The van der Waals surface area contributed by atoms with Crippen LogP contribution >= 0.6 is 0 Å². The van der Waals surface area contributed by atoms with Crippen molar-refractivity contribution in [3.8, 4) is 0 Å². The highest BCUT2D eigenvalue weighted by Crippen LogP contribution is 2.30. The lowest BCUT2D eigenvalue weighted by Gasteiger charge is -2.11. The maximum Gasteiger partial charge on any atom is 0.416 e. The number of alkyl halides is 3. The Bertz CT molecular complexity index is 964. The van der Waals surface area contributed by atoms with Crippen molar-refractivity contribution in [3.05, 3.63) is 77.1 Å². The number of hydrogen-bond acceptors (Lipinski definition) is 4. The van der Waals surface area contributed by atoms with E-state index in [9.17, 15) is 18.0 Å². The fourth-order valence-corrected chi connectivity index (χ4v) is 2.58. The van der Waals surface area contributed by atoms with Crippen molar-refractivity contribution in [2.45, 2.75) is 20.0 Å². The summed E-state index contributed by atoms with van der Waals surface area (Å²) in [5.74, 6) is -0.179. The number of anilines is 3. The zero-order valence-electron chi connectivity index (χ0n) is 15.1. The van der Waals surface area contributed by atoms with Crippen molar-refractivity contribution in [2.75, 3.05) is 10.6 Å². The fourth-order valence-electron chi connectivity index (χ4n) is 2.58. The molecule has 0 spiro atoms. The highest BCUT2D eigenvalue weighted by molar-refractivity contribution is 6.04. The van der Waals surface area contributed by atoms with E-state index in [0.717, 1.165) is 28.9 Å². The summed E-state index contributed by atoms with van der Waals surface area (Å²) >= 11 is 0. The number of rotatable bonds is 4. The van der Waals surface area contributed by atoms with Crippen molar-refractivity contribution in [1.82, 2.24) is 9.97 Å². The van der Waals surface area contributed by atoms with Gasteiger partial charge in [-0.15, -0.1) is 0 Å². The highest BCUT2D eigenvalue weighted by Gasteiger charge is 2.29. The van der Waals surface area contributed by atoms with Crippen LogP contribution in [0.1, 0.15) is 27.0 Å². The molecule has 0 aliphatic heterocycles. The Morgan fingerprint density at radius 2 is 1.50 bits per heavy atom. The van der Waals surface area contributed by atoms with Crippen molar-refractivity contribution in [3.63, 3.8) is 0 Å². The Morgan fingerprint density at radius 3 is 2.04 bits per heavy atom. The molecule has 1 heterocycles. The van der Waals surface area contributed by atoms with Crippen molar-refractivity contribution in [1.29, 1.82) is 0 Å². The zero-order chi connectivity index (χ0) is 20.3. The summed E-state index contributed by atoms with van der Waals surface area (Å²) in [5.41, 5.74) is 2.54. The Kier molecular flexibility index (Phi) is 5.30. The van der Waals surface area contributed by atoms with E-state index in [1.165, 1.54) is 24.5 Å². The van der Waals surface area contributed by atoms with E-state index in [4.69, 9.17) is 0 Å². The SMILES string of the molecule is Cc1cccc(C)c1NC(=O)c1cnc(Nc2ccc(C(F)(F)F)cc2)nc1. The van der Waals surface area contributed by atoms with Crippen molar-refractivity contribution >= 4 is 23.2 Å². The Labute approximate surface area is 159 Å². The number of para-hydroxylation sites is 1. The minimum atomic E-state index is -4.39. The molecule has 5 nitrogen and oxygen atoms in total. The molecule has 0 fully saturated rings. The molecule has 144 valence electrons. The molecule has 0 atom stereocenters. The summed E-state index contributed by atoms with van der Waals surface area (Å²) in [6.45, 7) is 3.80. The van der Waals surface area contributed by atoms with Gasteiger partial charge in [-0.2, -0.15) is 13.2 Å². The van der Waals surface area contributed by atoms with Crippen LogP contribution in [0.4, 0.5) is 30.5 Å². The number of carbonyl (C=O) groups excluding carboxylic acids is 1. The number of aromatic nitrogens is 2. The Morgan fingerprint density at radius 1 is 0.929 bits per heavy atom. The standard InChI is InChI=1S/C20H17F3N4O/c1-12-4-3-5-13(2)17(12)27-18(28)14-10-24-19(25-11-14)26-16-8-6-15(7-9-16)20(21,22)23/h3-11H,1-2H3,(H,27,28)(H,24,25,26). The normalized spacial score (nSPS) is 11.2. The maximum absolute atomic E-state index is 12.6. The molecule has 1 aromatic heterocycles. The van der Waals surface area contributed by atoms with E-state index in [-0.39, 0.29) is 17.4 Å². The largest absolute Gasteiger partial charge is 0.416 e. The first-order chi connectivity index (χ1) is 13.2. The van der Waals surface area contributed by atoms with Gasteiger partial charge in [0.15, 0.2) is 0 Å². The summed E-state index contributed by atoms with van der Waals surface area (Å²) in [7, 11) is 0. The molecule has 3 rings (SSSR count). The van der Waals surface area contributed by atoms with Gasteiger partial charge in [-0.05, 0) is 49.2 Å². The van der Waals surface area contributed by atoms with Crippen LogP contribution in [0.3, 0.4) is 0 Å². The number of nitrogens with zero attached hydrogens (tertiary/aromatic N) is 2. The number of nitrogens with one attached hydrogen (secondary N) is 2. The van der Waals surface area contributed by atoms with Crippen LogP contribution in [0.5, 0.6) is 0 Å². The molecular formula is C20H17F3N4O. The van der Waals surface area contributed by atoms with E-state index in [2.05, 4.69) is 20.6 Å². The van der Waals surface area contributed by atoms with E-state index >= 15 is 0 Å². The summed E-state index contributed by atoms with van der Waals surface area (Å²) in [6, 6.07) is 10.2. The van der Waals surface area contributed by atoms with E-state index in [0.29, 0.717) is 5.69 Å². The van der Waals surface area contributed by atoms with Crippen LogP contribution in [0.2, 0.25) is 0 Å². The van der Waals surface area contributed by atoms with Crippen molar-refractivity contribution < 1.29 is 18.0 Å². The van der Waals surface area contributed by atoms with Gasteiger partial charge in [-0.25, -0.2) is 9.97 Å². The summed E-state index contributed by atoms with van der Waals surface area (Å²) < 4.78 is 37.8. The molecule has 8 heteroatoms. The van der Waals surface area contributed by atoms with Gasteiger partial charge in [0.05, 0.1) is 11.1 Å². The minimum absolute atomic E-state index is 0.170. The molecule has 0 saturated carbocycles. The summed E-state index contributed by atoms with van der Waals surface area (Å²) in [4.78, 5) is 20.5. The molecule has 2 N–H and O–H groups in total. The lowest BCUT2D eigenvalue weighted by molar-refractivity contribution is -0.137. The van der Waals surface area contributed by atoms with Gasteiger partial charge in [0.25, 0.3) is 5.91 Å². The van der Waals surface area contributed by atoms with Crippen LogP contribution in [0.15, 0.2) is 54.9 Å². The number of halogens is 3. The van der Waals surface area contributed by atoms with Crippen LogP contribution in [0, 0.1) is 13.8 Å². The third-order valence-electron chi connectivity index (χ3n) is 4.10. The summed E-state index contributed by atoms with van der Waals surface area (Å²) in [5, 5.41) is 5.63. The van der Waals surface area contributed by atoms with Crippen LogP contribution in [0.25, 0.3) is 0 Å². The average Bonchev–Trinajstić information content (AvgIpc) is 2.65. The van der Waals surface area contributed by atoms with Crippen LogP contribution in [-0.4, -0.2) is 15.9 Å². The van der Waals surface area contributed by atoms with Crippen LogP contribution in [-0.2, 0) is 6.18 Å². The summed E-state index contributed by atoms with van der Waals surface area (Å²) in [6.07, 6.45) is -1.69. The van der Waals surface area contributed by atoms with E-state index in [1.807, 2.05) is 32.0 Å². The van der Waals surface area contributed by atoms with Gasteiger partial charge < -0.3 is 10.6 Å². The Hall–Kier alpha value is -3.42. The van der Waals surface area contributed by atoms with Gasteiger partial charge in [0.1, 0.15) is 0 Å². The fraction of sp³-hybridized carbons (Fsp3) is 0.150. The minimum Gasteiger partial charge on any atom is -0.324 e. The number of carbonyl (C=O) groups is 1. The van der Waals surface area contributed by atoms with Gasteiger partial charge >= 0.3 is 6.18 Å². The number of benzene rings is 2. The lowest BCUT2D eigenvalue weighted by atomic mass is 10.1. The molecular weight excluding hydrogens is 369 g/mol.